The first-order chi connectivity index (χ1) is 9.60. The van der Waals surface area contributed by atoms with Crippen LogP contribution >= 0.6 is 15.9 Å². The van der Waals surface area contributed by atoms with Crippen LogP contribution in [0.2, 0.25) is 0 Å². The summed E-state index contributed by atoms with van der Waals surface area (Å²) in [4.78, 5) is 15.2. The van der Waals surface area contributed by atoms with Crippen molar-refractivity contribution in [2.24, 2.45) is 0 Å². The van der Waals surface area contributed by atoms with Crippen LogP contribution in [0, 0.1) is 11.3 Å². The van der Waals surface area contributed by atoms with Gasteiger partial charge in [0.25, 0.3) is 0 Å². The number of pyridine rings is 1. The standard InChI is InChI=1S/C14H10BrN3O2/c15-10-7-12(14(19)20)13(17-8-10)18-11-3-1-9(2-4-11)5-6-16/h1-4,7-8H,5H2,(H,17,18)(H,19,20). The summed E-state index contributed by atoms with van der Waals surface area (Å²) >= 11 is 3.19. The van der Waals surface area contributed by atoms with E-state index in [4.69, 9.17) is 10.4 Å². The summed E-state index contributed by atoms with van der Waals surface area (Å²) in [6, 6.07) is 10.7. The van der Waals surface area contributed by atoms with Crippen LogP contribution < -0.4 is 5.32 Å². The predicted octanol–water partition coefficient (Wildman–Crippen LogP) is 3.35. The molecule has 100 valence electrons. The van der Waals surface area contributed by atoms with E-state index in [1.54, 1.807) is 12.1 Å². The number of benzene rings is 1. The molecule has 5 nitrogen and oxygen atoms in total. The number of hydrogen-bond acceptors (Lipinski definition) is 4. The maximum Gasteiger partial charge on any atom is 0.339 e. The molecule has 1 aromatic carbocycles. The molecule has 6 heteroatoms. The molecule has 0 aliphatic heterocycles. The minimum absolute atomic E-state index is 0.0838. The van der Waals surface area contributed by atoms with Crippen LogP contribution in [0.25, 0.3) is 0 Å². The van der Waals surface area contributed by atoms with Crippen molar-refractivity contribution in [1.29, 1.82) is 5.26 Å². The summed E-state index contributed by atoms with van der Waals surface area (Å²) in [5.74, 6) is -0.781. The lowest BCUT2D eigenvalue weighted by Gasteiger charge is -2.09. The fourth-order valence-corrected chi connectivity index (χ4v) is 1.97. The van der Waals surface area contributed by atoms with E-state index in [1.165, 1.54) is 12.3 Å². The van der Waals surface area contributed by atoms with Crippen molar-refractivity contribution < 1.29 is 9.90 Å². The van der Waals surface area contributed by atoms with Crippen molar-refractivity contribution in [3.05, 3.63) is 52.1 Å². The molecule has 0 aliphatic rings. The van der Waals surface area contributed by atoms with Gasteiger partial charge in [0.05, 0.1) is 12.5 Å². The average Bonchev–Trinajstić information content (AvgIpc) is 2.43. The summed E-state index contributed by atoms with van der Waals surface area (Å²) < 4.78 is 0.602. The fraction of sp³-hybridized carbons (Fsp3) is 0.0714. The molecule has 0 bridgehead atoms. The van der Waals surface area contributed by atoms with E-state index in [-0.39, 0.29) is 11.4 Å². The molecule has 1 aromatic heterocycles. The minimum atomic E-state index is -1.05. The largest absolute Gasteiger partial charge is 0.478 e. The molecule has 0 saturated carbocycles. The Labute approximate surface area is 124 Å². The van der Waals surface area contributed by atoms with E-state index in [1.807, 2.05) is 12.1 Å². The van der Waals surface area contributed by atoms with Crippen molar-refractivity contribution in [3.8, 4) is 6.07 Å². The molecule has 0 radical (unpaired) electrons. The number of nitrogens with one attached hydrogen (secondary N) is 1. The Bertz CT molecular complexity index is 678. The molecule has 0 saturated heterocycles. The van der Waals surface area contributed by atoms with Gasteiger partial charge in [0.15, 0.2) is 0 Å². The van der Waals surface area contributed by atoms with E-state index >= 15 is 0 Å². The number of carboxylic acids is 1. The van der Waals surface area contributed by atoms with E-state index in [0.717, 1.165) is 5.56 Å². The third-order valence-electron chi connectivity index (χ3n) is 2.58. The predicted molar refractivity (Wildman–Crippen MR) is 77.9 cm³/mol. The molecule has 2 rings (SSSR count). The minimum Gasteiger partial charge on any atom is -0.478 e. The number of halogens is 1. The molecular formula is C14H10BrN3O2. The smallest absolute Gasteiger partial charge is 0.339 e. The van der Waals surface area contributed by atoms with Gasteiger partial charge in [-0.15, -0.1) is 0 Å². The molecule has 1 heterocycles. The summed E-state index contributed by atoms with van der Waals surface area (Å²) in [6.07, 6.45) is 1.87. The lowest BCUT2D eigenvalue weighted by atomic mass is 10.1. The number of nitriles is 1. The highest BCUT2D eigenvalue weighted by atomic mass is 79.9. The van der Waals surface area contributed by atoms with E-state index in [2.05, 4.69) is 32.3 Å². The molecule has 0 atom stereocenters. The zero-order valence-corrected chi connectivity index (χ0v) is 11.9. The summed E-state index contributed by atoms with van der Waals surface area (Å²) in [6.45, 7) is 0. The van der Waals surface area contributed by atoms with Gasteiger partial charge < -0.3 is 10.4 Å². The topological polar surface area (TPSA) is 86.0 Å². The van der Waals surface area contributed by atoms with Crippen LogP contribution in [0.1, 0.15) is 15.9 Å². The second-order valence-corrected chi connectivity index (χ2v) is 4.93. The second kappa shape index (κ2) is 6.17. The van der Waals surface area contributed by atoms with Gasteiger partial charge in [-0.2, -0.15) is 5.26 Å². The molecule has 0 fully saturated rings. The normalized spacial score (nSPS) is 9.80. The first-order valence-electron chi connectivity index (χ1n) is 5.72. The van der Waals surface area contributed by atoms with Crippen LogP contribution in [0.4, 0.5) is 11.5 Å². The van der Waals surface area contributed by atoms with Crippen molar-refractivity contribution in [1.82, 2.24) is 4.98 Å². The lowest BCUT2D eigenvalue weighted by Crippen LogP contribution is -2.04. The average molecular weight is 332 g/mol. The van der Waals surface area contributed by atoms with Gasteiger partial charge in [-0.3, -0.25) is 0 Å². The highest BCUT2D eigenvalue weighted by Crippen LogP contribution is 2.22. The number of carboxylic acid groups (broad SMARTS) is 1. The van der Waals surface area contributed by atoms with Gasteiger partial charge in [-0.25, -0.2) is 9.78 Å². The van der Waals surface area contributed by atoms with Crippen molar-refractivity contribution >= 4 is 33.4 Å². The van der Waals surface area contributed by atoms with Gasteiger partial charge in [0, 0.05) is 16.4 Å². The van der Waals surface area contributed by atoms with E-state index < -0.39 is 5.97 Å². The third kappa shape index (κ3) is 3.33. The van der Waals surface area contributed by atoms with Crippen molar-refractivity contribution in [2.75, 3.05) is 5.32 Å². The Hall–Kier alpha value is -2.39. The molecule has 0 unspecified atom stereocenters. The molecule has 0 spiro atoms. The number of nitrogens with zero attached hydrogens (tertiary/aromatic N) is 2. The zero-order chi connectivity index (χ0) is 14.5. The lowest BCUT2D eigenvalue weighted by molar-refractivity contribution is 0.0697. The number of anilines is 2. The van der Waals surface area contributed by atoms with Gasteiger partial charge in [0.1, 0.15) is 11.4 Å². The van der Waals surface area contributed by atoms with Gasteiger partial charge in [-0.05, 0) is 39.7 Å². The molecule has 2 aromatic rings. The third-order valence-corrected chi connectivity index (χ3v) is 3.02. The van der Waals surface area contributed by atoms with Crippen LogP contribution in [0.3, 0.4) is 0 Å². The number of carbonyl (C=O) groups is 1. The summed E-state index contributed by atoms with van der Waals surface area (Å²) in [7, 11) is 0. The first-order valence-corrected chi connectivity index (χ1v) is 6.51. The molecule has 0 aliphatic carbocycles. The first kappa shape index (κ1) is 14.0. The maximum absolute atomic E-state index is 11.2. The van der Waals surface area contributed by atoms with Crippen LogP contribution in [-0.4, -0.2) is 16.1 Å². The fourth-order valence-electron chi connectivity index (χ4n) is 1.64. The second-order valence-electron chi connectivity index (χ2n) is 4.01. The Morgan fingerprint density at radius 2 is 2.10 bits per heavy atom. The van der Waals surface area contributed by atoms with Crippen LogP contribution in [0.15, 0.2) is 41.0 Å². The number of aromatic carboxylic acids is 1. The van der Waals surface area contributed by atoms with Crippen molar-refractivity contribution in [3.63, 3.8) is 0 Å². The Balaban J connectivity index is 2.26. The quantitative estimate of drug-likeness (QED) is 0.897. The maximum atomic E-state index is 11.2. The van der Waals surface area contributed by atoms with Gasteiger partial charge in [-0.1, -0.05) is 12.1 Å². The van der Waals surface area contributed by atoms with Crippen LogP contribution in [-0.2, 0) is 6.42 Å². The molecule has 2 N–H and O–H groups in total. The monoisotopic (exact) mass is 331 g/mol. The Morgan fingerprint density at radius 1 is 1.40 bits per heavy atom. The zero-order valence-electron chi connectivity index (χ0n) is 10.3. The summed E-state index contributed by atoms with van der Waals surface area (Å²) in [5, 5.41) is 20.7. The molecular weight excluding hydrogens is 322 g/mol. The van der Waals surface area contributed by atoms with E-state index in [0.29, 0.717) is 16.6 Å². The van der Waals surface area contributed by atoms with E-state index in [9.17, 15) is 4.79 Å². The van der Waals surface area contributed by atoms with Gasteiger partial charge in [0.2, 0.25) is 0 Å². The highest BCUT2D eigenvalue weighted by molar-refractivity contribution is 9.10. The SMILES string of the molecule is N#CCc1ccc(Nc2ncc(Br)cc2C(=O)O)cc1. The number of rotatable bonds is 4. The Kier molecular flexibility index (Phi) is 4.33. The van der Waals surface area contributed by atoms with Crippen LogP contribution in [0.5, 0.6) is 0 Å². The Morgan fingerprint density at radius 3 is 2.70 bits per heavy atom. The summed E-state index contributed by atoms with van der Waals surface area (Å²) in [5.41, 5.74) is 1.70. The molecule has 0 amide bonds. The van der Waals surface area contributed by atoms with Gasteiger partial charge >= 0.3 is 5.97 Å². The number of hydrogen-bond donors (Lipinski definition) is 2. The van der Waals surface area contributed by atoms with Crippen molar-refractivity contribution in [2.45, 2.75) is 6.42 Å². The molecule has 20 heavy (non-hydrogen) atoms. The number of aromatic nitrogens is 1. The highest BCUT2D eigenvalue weighted by Gasteiger charge is 2.12.